The fourth-order valence-electron chi connectivity index (χ4n) is 1.05. The van der Waals surface area contributed by atoms with Crippen molar-refractivity contribution in [2.45, 2.75) is 18.2 Å². The second-order valence-electron chi connectivity index (χ2n) is 2.97. The number of anilines is 1. The van der Waals surface area contributed by atoms with Crippen molar-refractivity contribution in [1.82, 2.24) is 4.98 Å². The summed E-state index contributed by atoms with van der Waals surface area (Å²) in [6.07, 6.45) is 3.40. The molecule has 7 heteroatoms. The van der Waals surface area contributed by atoms with Crippen LogP contribution in [0.15, 0.2) is 17.3 Å². The Bertz CT molecular complexity index is 447. The van der Waals surface area contributed by atoms with Gasteiger partial charge in [-0.3, -0.25) is 4.98 Å². The molecule has 0 aliphatic carbocycles. The largest absolute Gasteiger partial charge is 0.383 e. The van der Waals surface area contributed by atoms with Gasteiger partial charge in [-0.15, -0.1) is 0 Å². The summed E-state index contributed by atoms with van der Waals surface area (Å²) in [6.45, 7) is 2.57. The molecule has 1 aromatic rings. The lowest BCUT2D eigenvalue weighted by Gasteiger charge is -2.10. The van der Waals surface area contributed by atoms with Gasteiger partial charge < -0.3 is 5.32 Å². The molecular formula is C8H12ClN3O2S. The molecule has 1 aromatic heterocycles. The number of hydrogen-bond donors (Lipinski definition) is 2. The van der Waals surface area contributed by atoms with Crippen molar-refractivity contribution in [1.29, 1.82) is 0 Å². The van der Waals surface area contributed by atoms with Gasteiger partial charge in [0, 0.05) is 18.9 Å². The van der Waals surface area contributed by atoms with Crippen molar-refractivity contribution in [2.75, 3.05) is 11.9 Å². The maximum Gasteiger partial charge on any atom is 0.241 e. The van der Waals surface area contributed by atoms with Gasteiger partial charge in [-0.2, -0.15) is 0 Å². The van der Waals surface area contributed by atoms with Gasteiger partial charge in [-0.1, -0.05) is 18.5 Å². The Morgan fingerprint density at radius 1 is 1.53 bits per heavy atom. The number of hydrogen-bond acceptors (Lipinski definition) is 4. The zero-order chi connectivity index (χ0) is 11.5. The highest BCUT2D eigenvalue weighted by atomic mass is 35.5. The summed E-state index contributed by atoms with van der Waals surface area (Å²) in [7, 11) is -3.80. The van der Waals surface area contributed by atoms with Crippen LogP contribution in [0.2, 0.25) is 5.02 Å². The van der Waals surface area contributed by atoms with Gasteiger partial charge in [0.15, 0.2) is 0 Å². The van der Waals surface area contributed by atoms with E-state index in [0.717, 1.165) is 6.42 Å². The zero-order valence-corrected chi connectivity index (χ0v) is 9.77. The highest BCUT2D eigenvalue weighted by Crippen LogP contribution is 2.27. The minimum absolute atomic E-state index is 0.0801. The molecule has 0 aliphatic rings. The van der Waals surface area contributed by atoms with Crippen molar-refractivity contribution in [2.24, 2.45) is 5.14 Å². The summed E-state index contributed by atoms with van der Waals surface area (Å²) in [5.41, 5.74) is 0.316. The van der Waals surface area contributed by atoms with Crippen LogP contribution < -0.4 is 10.5 Å². The Labute approximate surface area is 93.7 Å². The van der Waals surface area contributed by atoms with E-state index in [0.29, 0.717) is 12.2 Å². The Kier molecular flexibility index (Phi) is 3.90. The molecule has 0 radical (unpaired) electrons. The Morgan fingerprint density at radius 3 is 2.73 bits per heavy atom. The third-order valence-electron chi connectivity index (χ3n) is 1.72. The van der Waals surface area contributed by atoms with Gasteiger partial charge in [0.1, 0.15) is 4.90 Å². The van der Waals surface area contributed by atoms with Gasteiger partial charge in [0.05, 0.1) is 10.7 Å². The molecule has 0 amide bonds. The van der Waals surface area contributed by atoms with Crippen molar-refractivity contribution >= 4 is 27.3 Å². The lowest BCUT2D eigenvalue weighted by molar-refractivity contribution is 0.597. The number of rotatable bonds is 4. The third-order valence-corrected chi connectivity index (χ3v) is 2.93. The molecule has 5 nitrogen and oxygen atoms in total. The van der Waals surface area contributed by atoms with Crippen LogP contribution in [0.4, 0.5) is 5.69 Å². The van der Waals surface area contributed by atoms with Crippen molar-refractivity contribution < 1.29 is 8.42 Å². The normalized spacial score (nSPS) is 11.4. The van der Waals surface area contributed by atoms with E-state index in [2.05, 4.69) is 10.3 Å². The molecule has 0 atom stereocenters. The van der Waals surface area contributed by atoms with Crippen LogP contribution in [0, 0.1) is 0 Å². The first-order chi connectivity index (χ1) is 6.96. The summed E-state index contributed by atoms with van der Waals surface area (Å²) < 4.78 is 22.4. The smallest absolute Gasteiger partial charge is 0.241 e. The molecule has 0 spiro atoms. The number of halogens is 1. The van der Waals surface area contributed by atoms with E-state index < -0.39 is 10.0 Å². The van der Waals surface area contributed by atoms with Gasteiger partial charge in [-0.05, 0) is 6.42 Å². The van der Waals surface area contributed by atoms with E-state index in [1.165, 1.54) is 12.4 Å². The lowest BCUT2D eigenvalue weighted by atomic mass is 10.4. The number of aromatic nitrogens is 1. The summed E-state index contributed by atoms with van der Waals surface area (Å²) in [6, 6.07) is 0. The number of nitrogens with one attached hydrogen (secondary N) is 1. The average Bonchev–Trinajstić information content (AvgIpc) is 2.14. The van der Waals surface area contributed by atoms with E-state index in [4.69, 9.17) is 16.7 Å². The quantitative estimate of drug-likeness (QED) is 0.840. The van der Waals surface area contributed by atoms with E-state index in [-0.39, 0.29) is 9.92 Å². The number of pyridine rings is 1. The zero-order valence-electron chi connectivity index (χ0n) is 8.20. The predicted molar refractivity (Wildman–Crippen MR) is 59.4 cm³/mol. The molecular weight excluding hydrogens is 238 g/mol. The van der Waals surface area contributed by atoms with Crippen LogP contribution in [-0.2, 0) is 10.0 Å². The number of sulfonamides is 1. The molecule has 0 unspecified atom stereocenters. The van der Waals surface area contributed by atoms with Crippen LogP contribution in [0.1, 0.15) is 13.3 Å². The monoisotopic (exact) mass is 249 g/mol. The van der Waals surface area contributed by atoms with Gasteiger partial charge >= 0.3 is 0 Å². The standard InChI is InChI=1S/C8H12ClN3O2S/c1-2-3-12-8-6(9)4-11-5-7(8)15(10,13)14/h4-5H,2-3H2,1H3,(H,11,12)(H2,10,13,14). The SMILES string of the molecule is CCCNc1c(Cl)cncc1S(N)(=O)=O. The fourth-order valence-corrected chi connectivity index (χ4v) is 2.01. The van der Waals surface area contributed by atoms with Crippen LogP contribution in [0.3, 0.4) is 0 Å². The molecule has 0 aliphatic heterocycles. The molecule has 1 heterocycles. The van der Waals surface area contributed by atoms with E-state index >= 15 is 0 Å². The molecule has 0 aromatic carbocycles. The van der Waals surface area contributed by atoms with E-state index in [1.807, 2.05) is 6.92 Å². The lowest BCUT2D eigenvalue weighted by Crippen LogP contribution is -2.16. The Hall–Kier alpha value is -0.850. The molecule has 0 saturated carbocycles. The first kappa shape index (κ1) is 12.2. The summed E-state index contributed by atoms with van der Waals surface area (Å²) in [4.78, 5) is 3.61. The second kappa shape index (κ2) is 4.78. The molecule has 84 valence electrons. The van der Waals surface area contributed by atoms with Crippen LogP contribution >= 0.6 is 11.6 Å². The molecule has 3 N–H and O–H groups in total. The first-order valence-electron chi connectivity index (χ1n) is 4.37. The fraction of sp³-hybridized carbons (Fsp3) is 0.375. The number of nitrogens with zero attached hydrogens (tertiary/aromatic N) is 1. The average molecular weight is 250 g/mol. The minimum atomic E-state index is -3.80. The van der Waals surface area contributed by atoms with Crippen molar-refractivity contribution in [3.8, 4) is 0 Å². The highest BCUT2D eigenvalue weighted by Gasteiger charge is 2.16. The molecule has 15 heavy (non-hydrogen) atoms. The van der Waals surface area contributed by atoms with Gasteiger partial charge in [0.2, 0.25) is 10.0 Å². The summed E-state index contributed by atoms with van der Waals surface area (Å²) in [5.74, 6) is 0. The number of nitrogens with two attached hydrogens (primary N) is 1. The topological polar surface area (TPSA) is 85.1 Å². The number of primary sulfonamides is 1. The molecule has 1 rings (SSSR count). The maximum atomic E-state index is 11.2. The maximum absolute atomic E-state index is 11.2. The molecule has 0 bridgehead atoms. The van der Waals surface area contributed by atoms with E-state index in [9.17, 15) is 8.42 Å². The minimum Gasteiger partial charge on any atom is -0.383 e. The Balaban J connectivity index is 3.21. The predicted octanol–water partition coefficient (Wildman–Crippen LogP) is 1.20. The van der Waals surface area contributed by atoms with Gasteiger partial charge in [-0.25, -0.2) is 13.6 Å². The van der Waals surface area contributed by atoms with E-state index in [1.54, 1.807) is 0 Å². The first-order valence-corrected chi connectivity index (χ1v) is 6.29. The van der Waals surface area contributed by atoms with Crippen LogP contribution in [0.25, 0.3) is 0 Å². The van der Waals surface area contributed by atoms with Crippen LogP contribution in [0.5, 0.6) is 0 Å². The third kappa shape index (κ3) is 3.05. The highest BCUT2D eigenvalue weighted by molar-refractivity contribution is 7.89. The van der Waals surface area contributed by atoms with Crippen molar-refractivity contribution in [3.05, 3.63) is 17.4 Å². The molecule has 0 fully saturated rings. The van der Waals surface area contributed by atoms with Gasteiger partial charge in [0.25, 0.3) is 0 Å². The summed E-state index contributed by atoms with van der Waals surface area (Å²) in [5, 5.41) is 8.18. The summed E-state index contributed by atoms with van der Waals surface area (Å²) >= 11 is 5.83. The van der Waals surface area contributed by atoms with Crippen LogP contribution in [-0.4, -0.2) is 19.9 Å². The Morgan fingerprint density at radius 2 is 2.20 bits per heavy atom. The van der Waals surface area contributed by atoms with Crippen molar-refractivity contribution in [3.63, 3.8) is 0 Å². The molecule has 0 saturated heterocycles. The second-order valence-corrected chi connectivity index (χ2v) is 4.90.